The minimum absolute atomic E-state index is 0.575. The van der Waals surface area contributed by atoms with Gasteiger partial charge in [-0.2, -0.15) is 0 Å². The molecule has 1 saturated carbocycles. The van der Waals surface area contributed by atoms with Crippen molar-refractivity contribution in [2.45, 2.75) is 50.5 Å². The van der Waals surface area contributed by atoms with Gasteiger partial charge in [0.2, 0.25) is 11.3 Å². The third-order valence-corrected chi connectivity index (χ3v) is 9.27. The number of piperidine rings is 1. The zero-order valence-electron chi connectivity index (χ0n) is 19.9. The van der Waals surface area contributed by atoms with E-state index in [2.05, 4.69) is 63.1 Å². The lowest BCUT2D eigenvalue weighted by Gasteiger charge is -2.43. The summed E-state index contributed by atoms with van der Waals surface area (Å²) in [5.74, 6) is 3.23. The molecule has 0 spiro atoms. The number of aryl methyl sites for hydroxylation is 1. The normalized spacial score (nSPS) is 29.4. The molecule has 2 aromatic rings. The average molecular weight is 480 g/mol. The zero-order valence-corrected chi connectivity index (χ0v) is 20.8. The maximum atomic E-state index is 10.7. The number of likely N-dealkylation sites (tertiary alicyclic amines) is 1. The third kappa shape index (κ3) is 4.83. The first-order chi connectivity index (χ1) is 16.6. The molecular weight excluding hydrogens is 442 g/mol. The quantitative estimate of drug-likeness (QED) is 0.418. The van der Waals surface area contributed by atoms with Crippen molar-refractivity contribution < 1.29 is 8.76 Å². The monoisotopic (exact) mass is 479 g/mol. The van der Waals surface area contributed by atoms with E-state index in [0.717, 1.165) is 44.2 Å². The van der Waals surface area contributed by atoms with E-state index in [-0.39, 0.29) is 0 Å². The van der Waals surface area contributed by atoms with Gasteiger partial charge in [0.1, 0.15) is 0 Å². The highest BCUT2D eigenvalue weighted by atomic mass is 32.2. The van der Waals surface area contributed by atoms with Gasteiger partial charge >= 0.3 is 0 Å². The van der Waals surface area contributed by atoms with Gasteiger partial charge < -0.3 is 4.90 Å². The summed E-state index contributed by atoms with van der Waals surface area (Å²) in [5.41, 5.74) is 6.00. The van der Waals surface area contributed by atoms with E-state index in [1.54, 1.807) is 11.1 Å². The molecule has 0 amide bonds. The van der Waals surface area contributed by atoms with Crippen molar-refractivity contribution in [2.24, 2.45) is 17.8 Å². The first kappa shape index (κ1) is 22.7. The summed E-state index contributed by atoms with van der Waals surface area (Å²) < 4.78 is 22.2. The SMILES string of the molecule is O=S(O)NCCCC1CN(c2ccc3c(c2)[C@@H](Cc2ccccc2)[C@@H](N2CC4CC4C2)CC3)C1. The largest absolute Gasteiger partial charge is 0.371 e. The highest BCUT2D eigenvalue weighted by Crippen LogP contribution is 2.49. The van der Waals surface area contributed by atoms with Crippen molar-refractivity contribution in [3.05, 3.63) is 65.2 Å². The van der Waals surface area contributed by atoms with Crippen molar-refractivity contribution in [1.82, 2.24) is 9.62 Å². The van der Waals surface area contributed by atoms with Crippen LogP contribution < -0.4 is 9.62 Å². The molecule has 4 aliphatic rings. The van der Waals surface area contributed by atoms with Crippen LogP contribution in [0.25, 0.3) is 0 Å². The van der Waals surface area contributed by atoms with E-state index in [1.807, 2.05) is 0 Å². The second kappa shape index (κ2) is 9.73. The van der Waals surface area contributed by atoms with Crippen molar-refractivity contribution in [3.63, 3.8) is 0 Å². The fourth-order valence-corrected chi connectivity index (χ4v) is 7.15. The highest BCUT2D eigenvalue weighted by molar-refractivity contribution is 7.77. The Morgan fingerprint density at radius 2 is 1.82 bits per heavy atom. The number of fused-ring (bicyclic) bond motifs is 2. The summed E-state index contributed by atoms with van der Waals surface area (Å²) in [6.07, 6.45) is 7.17. The second-order valence-electron chi connectivity index (χ2n) is 11.1. The number of anilines is 1. The van der Waals surface area contributed by atoms with Crippen LogP contribution in [0.15, 0.2) is 48.5 Å². The summed E-state index contributed by atoms with van der Waals surface area (Å²) in [6, 6.07) is 19.1. The molecule has 0 bridgehead atoms. The molecule has 0 aromatic heterocycles. The molecule has 2 aliphatic heterocycles. The molecular formula is C28H37N3O2S. The lowest BCUT2D eigenvalue weighted by molar-refractivity contribution is 0.171. The predicted octanol–water partition coefficient (Wildman–Crippen LogP) is 4.22. The van der Waals surface area contributed by atoms with Crippen LogP contribution in [0.3, 0.4) is 0 Å². The molecule has 2 N–H and O–H groups in total. The highest BCUT2D eigenvalue weighted by Gasteiger charge is 2.48. The molecule has 3 unspecified atom stereocenters. The number of nitrogens with one attached hydrogen (secondary N) is 1. The standard InChI is InChI=1S/C28H37N3O2S/c32-34(33)29-12-4-7-21-16-30(17-21)25-10-8-22-9-11-28(31-18-23-14-24(23)19-31)27(26(22)15-25)13-20-5-2-1-3-6-20/h1-3,5-6,8,10,15,21,23-24,27-29H,4,7,9,11-14,16-19H2,(H,32,33)/t23?,24?,27-,28+/m1/s1. The van der Waals surface area contributed by atoms with Crippen LogP contribution in [0.5, 0.6) is 0 Å². The number of rotatable bonds is 9. The number of hydrogen-bond donors (Lipinski definition) is 2. The fourth-order valence-electron chi connectivity index (χ4n) is 6.83. The Morgan fingerprint density at radius 1 is 1.03 bits per heavy atom. The summed E-state index contributed by atoms with van der Waals surface area (Å²) in [6.45, 7) is 5.45. The van der Waals surface area contributed by atoms with E-state index >= 15 is 0 Å². The number of nitrogens with zero attached hydrogens (tertiary/aromatic N) is 2. The minimum atomic E-state index is -1.89. The van der Waals surface area contributed by atoms with Crippen LogP contribution in [-0.4, -0.2) is 52.4 Å². The van der Waals surface area contributed by atoms with Gasteiger partial charge in [-0.05, 0) is 85.1 Å². The lowest BCUT2D eigenvalue weighted by atomic mass is 9.75. The Bertz CT molecular complexity index is 1020. The van der Waals surface area contributed by atoms with Crippen molar-refractivity contribution >= 4 is 17.0 Å². The van der Waals surface area contributed by atoms with Crippen molar-refractivity contribution in [2.75, 3.05) is 37.6 Å². The van der Waals surface area contributed by atoms with Crippen molar-refractivity contribution in [3.8, 4) is 0 Å². The maximum absolute atomic E-state index is 10.7. The first-order valence-electron chi connectivity index (χ1n) is 13.1. The summed E-state index contributed by atoms with van der Waals surface area (Å²) in [7, 11) is 0. The molecule has 6 rings (SSSR count). The maximum Gasteiger partial charge on any atom is 0.231 e. The third-order valence-electron chi connectivity index (χ3n) is 8.81. The smallest absolute Gasteiger partial charge is 0.231 e. The van der Waals surface area contributed by atoms with E-state index in [9.17, 15) is 4.21 Å². The molecule has 0 radical (unpaired) electrons. The molecule has 6 heteroatoms. The average Bonchev–Trinajstić information content (AvgIpc) is 3.43. The number of hydrogen-bond acceptors (Lipinski definition) is 3. The molecule has 34 heavy (non-hydrogen) atoms. The molecule has 3 fully saturated rings. The minimum Gasteiger partial charge on any atom is -0.371 e. The second-order valence-corrected chi connectivity index (χ2v) is 11.8. The molecule has 182 valence electrons. The Hall–Kier alpha value is -1.73. The molecule has 2 saturated heterocycles. The van der Waals surface area contributed by atoms with Gasteiger partial charge in [0, 0.05) is 50.4 Å². The Kier molecular flexibility index (Phi) is 6.50. The van der Waals surface area contributed by atoms with Gasteiger partial charge in [0.25, 0.3) is 0 Å². The Balaban J connectivity index is 1.17. The van der Waals surface area contributed by atoms with E-state index in [1.165, 1.54) is 43.6 Å². The van der Waals surface area contributed by atoms with Gasteiger partial charge in [-0.3, -0.25) is 9.45 Å². The summed E-state index contributed by atoms with van der Waals surface area (Å²) in [4.78, 5) is 5.37. The molecule has 5 atom stereocenters. The van der Waals surface area contributed by atoms with Gasteiger partial charge in [-0.25, -0.2) is 8.93 Å². The number of benzene rings is 2. The first-order valence-corrected chi connectivity index (χ1v) is 14.2. The van der Waals surface area contributed by atoms with Crippen LogP contribution in [0.1, 0.15) is 48.3 Å². The van der Waals surface area contributed by atoms with Crippen LogP contribution in [0.2, 0.25) is 0 Å². The molecule has 2 heterocycles. The Morgan fingerprint density at radius 3 is 2.59 bits per heavy atom. The van der Waals surface area contributed by atoms with Crippen molar-refractivity contribution in [1.29, 1.82) is 0 Å². The predicted molar refractivity (Wildman–Crippen MR) is 138 cm³/mol. The van der Waals surface area contributed by atoms with E-state index in [4.69, 9.17) is 4.55 Å². The van der Waals surface area contributed by atoms with Gasteiger partial charge in [0.15, 0.2) is 0 Å². The fraction of sp³-hybridized carbons (Fsp3) is 0.571. The van der Waals surface area contributed by atoms with Crippen LogP contribution in [-0.2, 0) is 24.1 Å². The lowest BCUT2D eigenvalue weighted by Crippen LogP contribution is -2.47. The molecule has 2 aliphatic carbocycles. The van der Waals surface area contributed by atoms with E-state index < -0.39 is 11.3 Å². The van der Waals surface area contributed by atoms with Crippen LogP contribution >= 0.6 is 0 Å². The topological polar surface area (TPSA) is 55.8 Å². The molecule has 2 aromatic carbocycles. The van der Waals surface area contributed by atoms with Gasteiger partial charge in [-0.1, -0.05) is 36.4 Å². The zero-order chi connectivity index (χ0) is 23.1. The van der Waals surface area contributed by atoms with Gasteiger partial charge in [0.05, 0.1) is 0 Å². The summed E-state index contributed by atoms with van der Waals surface area (Å²) >= 11 is -1.89. The van der Waals surface area contributed by atoms with Gasteiger partial charge in [-0.15, -0.1) is 0 Å². The van der Waals surface area contributed by atoms with Crippen LogP contribution in [0.4, 0.5) is 5.69 Å². The van der Waals surface area contributed by atoms with E-state index in [0.29, 0.717) is 24.4 Å². The summed E-state index contributed by atoms with van der Waals surface area (Å²) in [5, 5.41) is 0. The Labute approximate surface area is 206 Å². The molecule has 5 nitrogen and oxygen atoms in total. The van der Waals surface area contributed by atoms with Crippen LogP contribution in [0, 0.1) is 17.8 Å².